The fourth-order valence-electron chi connectivity index (χ4n) is 5.37. The molecule has 0 amide bonds. The van der Waals surface area contributed by atoms with Crippen molar-refractivity contribution in [1.82, 2.24) is 4.90 Å². The topological polar surface area (TPSA) is 49.8 Å². The van der Waals surface area contributed by atoms with Crippen LogP contribution < -0.4 is 4.74 Å². The molecule has 4 heteroatoms. The average Bonchev–Trinajstić information content (AvgIpc) is 2.85. The number of phenols is 1. The van der Waals surface area contributed by atoms with Crippen LogP contribution in [-0.2, 0) is 11.2 Å². The van der Waals surface area contributed by atoms with Gasteiger partial charge in [0.1, 0.15) is 11.5 Å². The first-order chi connectivity index (χ1) is 16.9. The van der Waals surface area contributed by atoms with Crippen molar-refractivity contribution in [2.75, 3.05) is 19.6 Å². The second-order valence-corrected chi connectivity index (χ2v) is 10.0. The number of hydrogen-bond acceptors (Lipinski definition) is 4. The van der Waals surface area contributed by atoms with E-state index in [-0.39, 0.29) is 17.6 Å². The number of likely N-dealkylation sites (tertiary alicyclic amines) is 1. The summed E-state index contributed by atoms with van der Waals surface area (Å²) in [6, 6.07) is 3.77. The first-order valence-corrected chi connectivity index (χ1v) is 13.3. The highest BCUT2D eigenvalue weighted by Crippen LogP contribution is 2.42. The van der Waals surface area contributed by atoms with Gasteiger partial charge in [-0.25, -0.2) is 0 Å². The summed E-state index contributed by atoms with van der Waals surface area (Å²) in [5.41, 5.74) is 4.57. The molecular formula is C31H43NO3. The Balaban J connectivity index is 0.00000108. The maximum Gasteiger partial charge on any atom is 0.325 e. The van der Waals surface area contributed by atoms with Gasteiger partial charge in [-0.15, -0.1) is 6.58 Å². The Morgan fingerprint density at radius 1 is 1.23 bits per heavy atom. The minimum atomic E-state index is -0.231. The number of carbonyl (C=O) groups excluding carboxylic acids is 1. The Hall–Kier alpha value is -2.59. The molecule has 1 aromatic rings. The van der Waals surface area contributed by atoms with Gasteiger partial charge in [0.25, 0.3) is 0 Å². The monoisotopic (exact) mass is 477 g/mol. The molecule has 1 atom stereocenters. The number of benzene rings is 1. The highest BCUT2D eigenvalue weighted by Gasteiger charge is 2.26. The lowest BCUT2D eigenvalue weighted by Crippen LogP contribution is -2.39. The van der Waals surface area contributed by atoms with Gasteiger partial charge >= 0.3 is 5.97 Å². The Kier molecular flexibility index (Phi) is 10.4. The predicted molar refractivity (Wildman–Crippen MR) is 145 cm³/mol. The van der Waals surface area contributed by atoms with E-state index in [1.165, 1.54) is 11.1 Å². The molecule has 0 saturated carbocycles. The predicted octanol–water partition coefficient (Wildman–Crippen LogP) is 7.25. The van der Waals surface area contributed by atoms with Gasteiger partial charge in [0, 0.05) is 11.5 Å². The number of nitrogens with zero attached hydrogens (tertiary/aromatic N) is 1. The van der Waals surface area contributed by atoms with Crippen molar-refractivity contribution in [3.05, 3.63) is 71.4 Å². The molecule has 1 saturated heterocycles. The molecule has 1 fully saturated rings. The van der Waals surface area contributed by atoms with E-state index in [0.29, 0.717) is 18.2 Å². The summed E-state index contributed by atoms with van der Waals surface area (Å²) in [5.74, 6) is 1.27. The van der Waals surface area contributed by atoms with E-state index >= 15 is 0 Å². The quantitative estimate of drug-likeness (QED) is 0.266. The molecule has 0 spiro atoms. The minimum absolute atomic E-state index is 0.102. The van der Waals surface area contributed by atoms with Crippen molar-refractivity contribution in [3.63, 3.8) is 0 Å². The fraction of sp³-hybridized carbons (Fsp3) is 0.516. The summed E-state index contributed by atoms with van der Waals surface area (Å²) in [5, 5.41) is 10.8. The molecule has 1 heterocycles. The number of allylic oxidation sites excluding steroid dienone is 7. The summed E-state index contributed by atoms with van der Waals surface area (Å²) in [4.78, 5) is 15.1. The van der Waals surface area contributed by atoms with Crippen LogP contribution in [0.3, 0.4) is 0 Å². The van der Waals surface area contributed by atoms with Crippen LogP contribution in [0.15, 0.2) is 60.2 Å². The van der Waals surface area contributed by atoms with Crippen molar-refractivity contribution in [2.45, 2.75) is 78.1 Å². The summed E-state index contributed by atoms with van der Waals surface area (Å²) >= 11 is 0. The third-order valence-corrected chi connectivity index (χ3v) is 7.19. The number of phenolic OH excluding ortho intramolecular Hbond substituents is 1. The van der Waals surface area contributed by atoms with Gasteiger partial charge in [-0.1, -0.05) is 42.9 Å². The van der Waals surface area contributed by atoms with Crippen LogP contribution in [0.4, 0.5) is 0 Å². The number of ether oxygens (including phenoxy) is 1. The van der Waals surface area contributed by atoms with Crippen molar-refractivity contribution < 1.29 is 14.6 Å². The Morgan fingerprint density at radius 2 is 1.97 bits per heavy atom. The maximum absolute atomic E-state index is 12.9. The van der Waals surface area contributed by atoms with Gasteiger partial charge in [0.05, 0.1) is 6.54 Å². The standard InChI is InChI=1S/C28H37NO3.C3H6/c1-3-21-17-25(30)28(24-11-7-8-20(2)16-24)26(18-21)32-27(31)19-29-14-12-23(13-15-29)22-9-5-4-6-10-22;1-3-2/h5,9-10,16-18,23-24,30H,3-4,6-8,11-15,19H2,1-2H3;3H,1H2,2H3. The van der Waals surface area contributed by atoms with Crippen LogP contribution >= 0.6 is 0 Å². The fourth-order valence-corrected chi connectivity index (χ4v) is 5.37. The summed E-state index contributed by atoms with van der Waals surface area (Å²) in [6.07, 6.45) is 19.4. The van der Waals surface area contributed by atoms with Crippen LogP contribution in [0, 0.1) is 5.92 Å². The third-order valence-electron chi connectivity index (χ3n) is 7.19. The first-order valence-electron chi connectivity index (χ1n) is 13.3. The number of carbonyl (C=O) groups is 1. The SMILES string of the molecule is C=CC.CCc1cc(O)c(C2C=C(C)CCC2)c(OC(=O)CN2CCC(C3=CCCC=C3)CC2)c1. The van der Waals surface area contributed by atoms with Crippen molar-refractivity contribution in [3.8, 4) is 11.5 Å². The summed E-state index contributed by atoms with van der Waals surface area (Å²) < 4.78 is 5.91. The lowest BCUT2D eigenvalue weighted by molar-refractivity contribution is -0.136. The molecule has 1 aliphatic heterocycles. The molecule has 1 N–H and O–H groups in total. The van der Waals surface area contributed by atoms with Gasteiger partial charge in [-0.05, 0) is 107 Å². The van der Waals surface area contributed by atoms with E-state index in [0.717, 1.165) is 75.6 Å². The number of rotatable bonds is 6. The Bertz CT molecular complexity index is 964. The second-order valence-electron chi connectivity index (χ2n) is 10.0. The normalized spacial score (nSPS) is 20.8. The van der Waals surface area contributed by atoms with Crippen LogP contribution in [0.5, 0.6) is 11.5 Å². The average molecular weight is 478 g/mol. The molecule has 190 valence electrons. The van der Waals surface area contributed by atoms with E-state index in [2.05, 4.69) is 42.7 Å². The van der Waals surface area contributed by atoms with Gasteiger partial charge in [0.2, 0.25) is 0 Å². The van der Waals surface area contributed by atoms with E-state index < -0.39 is 0 Å². The molecule has 4 nitrogen and oxygen atoms in total. The van der Waals surface area contributed by atoms with E-state index in [1.807, 2.05) is 26.0 Å². The molecule has 35 heavy (non-hydrogen) atoms. The maximum atomic E-state index is 12.9. The number of aryl methyl sites for hydroxylation is 1. The van der Waals surface area contributed by atoms with Gasteiger partial charge in [0.15, 0.2) is 0 Å². The minimum Gasteiger partial charge on any atom is -0.507 e. The highest BCUT2D eigenvalue weighted by molar-refractivity contribution is 5.75. The Labute approximate surface area is 212 Å². The van der Waals surface area contributed by atoms with E-state index in [1.54, 1.807) is 6.08 Å². The molecule has 2 aliphatic carbocycles. The summed E-state index contributed by atoms with van der Waals surface area (Å²) in [7, 11) is 0. The van der Waals surface area contributed by atoms with Crippen LogP contribution in [0.25, 0.3) is 0 Å². The van der Waals surface area contributed by atoms with Gasteiger partial charge in [-0.3, -0.25) is 9.69 Å². The Morgan fingerprint density at radius 3 is 2.60 bits per heavy atom. The van der Waals surface area contributed by atoms with E-state index in [9.17, 15) is 9.90 Å². The lowest BCUT2D eigenvalue weighted by atomic mass is 9.84. The zero-order valence-corrected chi connectivity index (χ0v) is 21.9. The molecule has 0 bridgehead atoms. The molecule has 4 rings (SSSR count). The van der Waals surface area contributed by atoms with Crippen LogP contribution in [0.1, 0.15) is 82.8 Å². The largest absolute Gasteiger partial charge is 0.507 e. The van der Waals surface area contributed by atoms with Crippen LogP contribution in [-0.4, -0.2) is 35.6 Å². The summed E-state index contributed by atoms with van der Waals surface area (Å²) in [6.45, 7) is 11.6. The molecule has 1 aromatic carbocycles. The van der Waals surface area contributed by atoms with Crippen molar-refractivity contribution in [1.29, 1.82) is 0 Å². The number of esters is 1. The number of piperidine rings is 1. The number of hydrogen-bond donors (Lipinski definition) is 1. The zero-order chi connectivity index (χ0) is 25.2. The van der Waals surface area contributed by atoms with Crippen molar-refractivity contribution >= 4 is 5.97 Å². The van der Waals surface area contributed by atoms with E-state index in [4.69, 9.17) is 4.74 Å². The lowest BCUT2D eigenvalue weighted by Gasteiger charge is -2.32. The van der Waals surface area contributed by atoms with Gasteiger partial charge < -0.3 is 9.84 Å². The first kappa shape index (κ1) is 27.0. The highest BCUT2D eigenvalue weighted by atomic mass is 16.5. The molecule has 0 radical (unpaired) electrons. The van der Waals surface area contributed by atoms with Gasteiger partial charge in [-0.2, -0.15) is 0 Å². The molecule has 1 unspecified atom stereocenters. The molecule has 3 aliphatic rings. The molecular weight excluding hydrogens is 434 g/mol. The molecule has 0 aromatic heterocycles. The van der Waals surface area contributed by atoms with Crippen molar-refractivity contribution in [2.24, 2.45) is 5.92 Å². The van der Waals surface area contributed by atoms with Crippen LogP contribution in [0.2, 0.25) is 0 Å². The third kappa shape index (κ3) is 7.70. The number of aromatic hydroxyl groups is 1. The zero-order valence-electron chi connectivity index (χ0n) is 21.9. The second kappa shape index (κ2) is 13.5. The smallest absolute Gasteiger partial charge is 0.325 e.